The lowest BCUT2D eigenvalue weighted by atomic mass is 10.0. The Balaban J connectivity index is 2.48. The number of rotatable bonds is 5. The molecule has 3 atom stereocenters. The number of carboxylic acid groups (broad SMARTS) is 1. The number of carboxylic acids is 1. The molecule has 2 amide bonds. The van der Waals surface area contributed by atoms with E-state index < -0.39 is 12.0 Å². The minimum absolute atomic E-state index is 0.250. The van der Waals surface area contributed by atoms with Crippen molar-refractivity contribution >= 4 is 23.8 Å². The Kier molecular flexibility index (Phi) is 5.78. The predicted octanol–water partition coefficient (Wildman–Crippen LogP) is 1.49. The molecule has 0 aliphatic carbocycles. The molecule has 0 aromatic carbocycles. The molecule has 18 heavy (non-hydrogen) atoms. The summed E-state index contributed by atoms with van der Waals surface area (Å²) in [6.45, 7) is 5.64. The van der Waals surface area contributed by atoms with Crippen LogP contribution in [0.5, 0.6) is 0 Å². The molecular weight excluding hydrogens is 252 g/mol. The smallest absolute Gasteiger partial charge is 0.326 e. The van der Waals surface area contributed by atoms with Crippen molar-refractivity contribution in [1.82, 2.24) is 10.2 Å². The van der Waals surface area contributed by atoms with Gasteiger partial charge in [-0.15, -0.1) is 0 Å². The Morgan fingerprint density at radius 3 is 2.39 bits per heavy atom. The van der Waals surface area contributed by atoms with E-state index in [0.29, 0.717) is 31.3 Å². The molecule has 0 bridgehead atoms. The van der Waals surface area contributed by atoms with E-state index in [9.17, 15) is 9.59 Å². The van der Waals surface area contributed by atoms with Gasteiger partial charge in [0.15, 0.2) is 0 Å². The zero-order chi connectivity index (χ0) is 13.7. The highest BCUT2D eigenvalue weighted by atomic mass is 32.2. The first-order valence-corrected chi connectivity index (χ1v) is 7.62. The van der Waals surface area contributed by atoms with E-state index in [1.807, 2.05) is 6.26 Å². The van der Waals surface area contributed by atoms with Crippen LogP contribution in [-0.4, -0.2) is 53.1 Å². The Hall–Kier alpha value is -0.910. The average Bonchev–Trinajstić information content (AvgIpc) is 2.64. The lowest BCUT2D eigenvalue weighted by molar-refractivity contribution is -0.139. The zero-order valence-corrected chi connectivity index (χ0v) is 12.0. The average molecular weight is 274 g/mol. The van der Waals surface area contributed by atoms with Crippen molar-refractivity contribution in [3.8, 4) is 0 Å². The second kappa shape index (κ2) is 6.87. The first-order valence-electron chi connectivity index (χ1n) is 6.22. The fraction of sp³-hybridized carbons (Fsp3) is 0.833. The number of thioether (sulfide) groups is 1. The number of amides is 2. The molecule has 2 N–H and O–H groups in total. The van der Waals surface area contributed by atoms with Gasteiger partial charge in [-0.3, -0.25) is 0 Å². The Labute approximate surface area is 112 Å². The number of hydrogen-bond acceptors (Lipinski definition) is 3. The normalized spacial score (nSPS) is 24.9. The molecule has 1 aliphatic rings. The summed E-state index contributed by atoms with van der Waals surface area (Å²) >= 11 is 1.58. The molecule has 0 aromatic rings. The van der Waals surface area contributed by atoms with Gasteiger partial charge in [-0.1, -0.05) is 13.8 Å². The van der Waals surface area contributed by atoms with E-state index in [1.165, 1.54) is 0 Å². The van der Waals surface area contributed by atoms with Crippen LogP contribution in [0.1, 0.15) is 20.3 Å². The number of urea groups is 1. The van der Waals surface area contributed by atoms with Crippen LogP contribution < -0.4 is 5.32 Å². The van der Waals surface area contributed by atoms with Crippen molar-refractivity contribution in [3.63, 3.8) is 0 Å². The van der Waals surface area contributed by atoms with Gasteiger partial charge in [0.05, 0.1) is 0 Å². The van der Waals surface area contributed by atoms with E-state index in [2.05, 4.69) is 19.2 Å². The fourth-order valence-corrected chi connectivity index (χ4v) is 2.50. The molecule has 0 saturated carbocycles. The van der Waals surface area contributed by atoms with E-state index >= 15 is 0 Å². The van der Waals surface area contributed by atoms with Crippen LogP contribution >= 0.6 is 11.8 Å². The third-order valence-electron chi connectivity index (χ3n) is 3.48. The third-order valence-corrected chi connectivity index (χ3v) is 4.13. The van der Waals surface area contributed by atoms with E-state index in [1.54, 1.807) is 16.7 Å². The van der Waals surface area contributed by atoms with E-state index in [0.717, 1.165) is 5.75 Å². The van der Waals surface area contributed by atoms with Gasteiger partial charge in [0, 0.05) is 13.1 Å². The third kappa shape index (κ3) is 4.08. The molecule has 0 spiro atoms. The summed E-state index contributed by atoms with van der Waals surface area (Å²) in [4.78, 5) is 24.7. The van der Waals surface area contributed by atoms with Gasteiger partial charge >= 0.3 is 12.0 Å². The maximum absolute atomic E-state index is 12.0. The van der Waals surface area contributed by atoms with Crippen LogP contribution in [-0.2, 0) is 4.79 Å². The Morgan fingerprint density at radius 2 is 1.94 bits per heavy atom. The van der Waals surface area contributed by atoms with Crippen LogP contribution in [0.3, 0.4) is 0 Å². The fourth-order valence-electron chi connectivity index (χ4n) is 2.03. The molecule has 0 radical (unpaired) electrons. The van der Waals surface area contributed by atoms with Crippen molar-refractivity contribution in [2.45, 2.75) is 26.3 Å². The summed E-state index contributed by atoms with van der Waals surface area (Å²) in [5, 5.41) is 11.7. The number of hydrogen-bond donors (Lipinski definition) is 2. The Morgan fingerprint density at radius 1 is 1.39 bits per heavy atom. The second-order valence-electron chi connectivity index (χ2n) is 4.98. The summed E-state index contributed by atoms with van der Waals surface area (Å²) < 4.78 is 0. The van der Waals surface area contributed by atoms with E-state index in [-0.39, 0.29) is 6.03 Å². The largest absolute Gasteiger partial charge is 0.480 e. The van der Waals surface area contributed by atoms with Crippen molar-refractivity contribution in [1.29, 1.82) is 0 Å². The van der Waals surface area contributed by atoms with E-state index in [4.69, 9.17) is 5.11 Å². The minimum Gasteiger partial charge on any atom is -0.480 e. The van der Waals surface area contributed by atoms with Crippen molar-refractivity contribution < 1.29 is 14.7 Å². The number of carbonyl (C=O) groups excluding carboxylic acids is 1. The summed E-state index contributed by atoms with van der Waals surface area (Å²) in [5.41, 5.74) is 0. The molecule has 104 valence electrons. The zero-order valence-electron chi connectivity index (χ0n) is 11.2. The number of nitrogens with zero attached hydrogens (tertiary/aromatic N) is 1. The molecule has 2 unspecified atom stereocenters. The maximum Gasteiger partial charge on any atom is 0.326 e. The SMILES string of the molecule is CSCC[C@H](NC(=O)N1CC(C)C(C)C1)C(=O)O. The van der Waals surface area contributed by atoms with Gasteiger partial charge < -0.3 is 15.3 Å². The van der Waals surface area contributed by atoms with Crippen molar-refractivity contribution in [3.05, 3.63) is 0 Å². The molecule has 1 fully saturated rings. The number of likely N-dealkylation sites (tertiary alicyclic amines) is 1. The van der Waals surface area contributed by atoms with Gasteiger partial charge in [-0.05, 0) is 30.3 Å². The highest BCUT2D eigenvalue weighted by Crippen LogP contribution is 2.22. The summed E-state index contributed by atoms with van der Waals surface area (Å²) in [6, 6.07) is -1.03. The molecule has 1 heterocycles. The van der Waals surface area contributed by atoms with Crippen molar-refractivity contribution in [2.75, 3.05) is 25.1 Å². The second-order valence-corrected chi connectivity index (χ2v) is 5.97. The summed E-state index contributed by atoms with van der Waals surface area (Å²) in [5.74, 6) is 0.720. The van der Waals surface area contributed by atoms with Crippen LogP contribution in [0, 0.1) is 11.8 Å². The maximum atomic E-state index is 12.0. The highest BCUT2D eigenvalue weighted by Gasteiger charge is 2.31. The molecule has 1 saturated heterocycles. The number of carbonyl (C=O) groups is 2. The summed E-state index contributed by atoms with van der Waals surface area (Å²) in [7, 11) is 0. The lowest BCUT2D eigenvalue weighted by Crippen LogP contribution is -2.47. The van der Waals surface area contributed by atoms with Gasteiger partial charge in [0.25, 0.3) is 0 Å². The van der Waals surface area contributed by atoms with Crippen LogP contribution in [0.2, 0.25) is 0 Å². The molecule has 1 aliphatic heterocycles. The molecule has 6 heteroatoms. The quantitative estimate of drug-likeness (QED) is 0.797. The number of aliphatic carboxylic acids is 1. The predicted molar refractivity (Wildman–Crippen MR) is 72.9 cm³/mol. The van der Waals surface area contributed by atoms with Crippen LogP contribution in [0.15, 0.2) is 0 Å². The molecular formula is C12H22N2O3S. The Bertz CT molecular complexity index is 302. The van der Waals surface area contributed by atoms with Gasteiger partial charge in [0.1, 0.15) is 6.04 Å². The minimum atomic E-state index is -0.960. The number of nitrogens with one attached hydrogen (secondary N) is 1. The first kappa shape index (κ1) is 15.1. The monoisotopic (exact) mass is 274 g/mol. The summed E-state index contributed by atoms with van der Waals surface area (Å²) in [6.07, 6.45) is 2.38. The van der Waals surface area contributed by atoms with Crippen molar-refractivity contribution in [2.24, 2.45) is 11.8 Å². The molecule has 5 nitrogen and oxygen atoms in total. The van der Waals surface area contributed by atoms with Crippen LogP contribution in [0.25, 0.3) is 0 Å². The van der Waals surface area contributed by atoms with Gasteiger partial charge in [-0.2, -0.15) is 11.8 Å². The topological polar surface area (TPSA) is 69.6 Å². The lowest BCUT2D eigenvalue weighted by Gasteiger charge is -2.20. The molecule has 0 aromatic heterocycles. The first-order chi connectivity index (χ1) is 8.45. The molecule has 1 rings (SSSR count). The van der Waals surface area contributed by atoms with Gasteiger partial charge in [-0.25, -0.2) is 9.59 Å². The highest BCUT2D eigenvalue weighted by molar-refractivity contribution is 7.98. The standard InChI is InChI=1S/C12H22N2O3S/c1-8-6-14(7-9(8)2)12(17)13-10(11(15)16)4-5-18-3/h8-10H,4-7H2,1-3H3,(H,13,17)(H,15,16)/t8?,9?,10-/m0/s1. The van der Waals surface area contributed by atoms with Gasteiger partial charge in [0.2, 0.25) is 0 Å². The van der Waals surface area contributed by atoms with Crippen LogP contribution in [0.4, 0.5) is 4.79 Å².